The summed E-state index contributed by atoms with van der Waals surface area (Å²) in [5.41, 5.74) is 1.55. The van der Waals surface area contributed by atoms with E-state index in [1.807, 2.05) is 13.0 Å². The van der Waals surface area contributed by atoms with Gasteiger partial charge in [0.2, 0.25) is 17.6 Å². The number of amides is 1. The molecular formula is C20H18Cl2FN3O2. The summed E-state index contributed by atoms with van der Waals surface area (Å²) in [5, 5.41) is 7.74. The molecule has 2 aromatic carbocycles. The molecule has 8 heteroatoms. The van der Waals surface area contributed by atoms with Gasteiger partial charge in [0.05, 0.1) is 16.1 Å². The van der Waals surface area contributed by atoms with E-state index >= 15 is 0 Å². The minimum Gasteiger partial charge on any atom is -0.350 e. The highest BCUT2D eigenvalue weighted by molar-refractivity contribution is 6.42. The van der Waals surface area contributed by atoms with Gasteiger partial charge in [-0.2, -0.15) is 4.98 Å². The summed E-state index contributed by atoms with van der Waals surface area (Å²) >= 11 is 11.9. The normalized spacial score (nSPS) is 12.0. The van der Waals surface area contributed by atoms with Crippen molar-refractivity contribution in [1.29, 1.82) is 0 Å². The number of hydrogen-bond donors (Lipinski definition) is 1. The summed E-state index contributed by atoms with van der Waals surface area (Å²) in [6.45, 7) is 1.88. The number of carbonyl (C=O) groups excluding carboxylic acids is 1. The van der Waals surface area contributed by atoms with Crippen LogP contribution in [-0.4, -0.2) is 16.0 Å². The van der Waals surface area contributed by atoms with Crippen LogP contribution in [0.25, 0.3) is 11.4 Å². The van der Waals surface area contributed by atoms with E-state index in [2.05, 4.69) is 15.5 Å². The van der Waals surface area contributed by atoms with Crippen LogP contribution >= 0.6 is 23.2 Å². The van der Waals surface area contributed by atoms with Crippen LogP contribution in [0.1, 0.15) is 37.3 Å². The van der Waals surface area contributed by atoms with Crippen LogP contribution in [0.3, 0.4) is 0 Å². The highest BCUT2D eigenvalue weighted by Crippen LogP contribution is 2.25. The Kier molecular flexibility index (Phi) is 6.65. The zero-order chi connectivity index (χ0) is 20.1. The highest BCUT2D eigenvalue weighted by atomic mass is 35.5. The Labute approximate surface area is 171 Å². The van der Waals surface area contributed by atoms with Crippen molar-refractivity contribution >= 4 is 29.1 Å². The second-order valence-electron chi connectivity index (χ2n) is 6.33. The molecule has 28 heavy (non-hydrogen) atoms. The fraction of sp³-hybridized carbons (Fsp3) is 0.250. The van der Waals surface area contributed by atoms with Crippen LogP contribution in [0.4, 0.5) is 4.39 Å². The zero-order valence-electron chi connectivity index (χ0n) is 15.1. The molecule has 0 radical (unpaired) electrons. The van der Waals surface area contributed by atoms with E-state index in [9.17, 15) is 9.18 Å². The smallest absolute Gasteiger partial charge is 0.226 e. The molecule has 1 N–H and O–H groups in total. The van der Waals surface area contributed by atoms with Crippen molar-refractivity contribution in [2.75, 3.05) is 0 Å². The van der Waals surface area contributed by atoms with Crippen molar-refractivity contribution in [3.05, 3.63) is 69.8 Å². The van der Waals surface area contributed by atoms with Gasteiger partial charge in [0, 0.05) is 18.4 Å². The molecule has 146 valence electrons. The summed E-state index contributed by atoms with van der Waals surface area (Å²) in [6.07, 6.45) is 1.35. The standard InChI is InChI=1S/C20H18Cl2FN3O2/c1-12(14-7-10-16(21)17(22)11-14)24-18(27)3-2-4-19-25-20(26-28-19)13-5-8-15(23)9-6-13/h5-12H,2-4H2,1H3,(H,24,27). The van der Waals surface area contributed by atoms with Gasteiger partial charge in [-0.25, -0.2) is 4.39 Å². The third-order valence-corrected chi connectivity index (χ3v) is 4.93. The molecule has 0 fully saturated rings. The first-order valence-corrected chi connectivity index (χ1v) is 9.51. The molecule has 5 nitrogen and oxygen atoms in total. The predicted molar refractivity (Wildman–Crippen MR) is 106 cm³/mol. The topological polar surface area (TPSA) is 68.0 Å². The number of nitrogens with zero attached hydrogens (tertiary/aromatic N) is 2. The highest BCUT2D eigenvalue weighted by Gasteiger charge is 2.13. The Morgan fingerprint density at radius 2 is 1.93 bits per heavy atom. The summed E-state index contributed by atoms with van der Waals surface area (Å²) in [4.78, 5) is 16.4. The molecule has 0 saturated heterocycles. The largest absolute Gasteiger partial charge is 0.350 e. The molecule has 1 atom stereocenters. The predicted octanol–water partition coefficient (Wildman–Crippen LogP) is 5.38. The molecule has 1 heterocycles. The molecule has 0 bridgehead atoms. The lowest BCUT2D eigenvalue weighted by atomic mass is 10.1. The molecule has 0 saturated carbocycles. The van der Waals surface area contributed by atoms with E-state index in [-0.39, 0.29) is 17.8 Å². The van der Waals surface area contributed by atoms with Gasteiger partial charge >= 0.3 is 0 Å². The Balaban J connectivity index is 1.47. The number of hydrogen-bond acceptors (Lipinski definition) is 4. The van der Waals surface area contributed by atoms with Crippen LogP contribution in [-0.2, 0) is 11.2 Å². The second-order valence-corrected chi connectivity index (χ2v) is 7.15. The number of rotatable bonds is 7. The third-order valence-electron chi connectivity index (χ3n) is 4.19. The molecule has 1 amide bonds. The number of aryl methyl sites for hydroxylation is 1. The Morgan fingerprint density at radius 1 is 1.18 bits per heavy atom. The molecule has 3 aromatic rings. The summed E-state index contributed by atoms with van der Waals surface area (Å²) < 4.78 is 18.2. The van der Waals surface area contributed by atoms with Gasteiger partial charge < -0.3 is 9.84 Å². The molecule has 1 aromatic heterocycles. The van der Waals surface area contributed by atoms with E-state index in [1.54, 1.807) is 24.3 Å². The summed E-state index contributed by atoms with van der Waals surface area (Å²) in [7, 11) is 0. The Hall–Kier alpha value is -2.44. The van der Waals surface area contributed by atoms with Crippen LogP contribution in [0.2, 0.25) is 10.0 Å². The number of benzene rings is 2. The first-order chi connectivity index (χ1) is 13.4. The minimum atomic E-state index is -0.325. The number of aromatic nitrogens is 2. The van der Waals surface area contributed by atoms with Crippen molar-refractivity contribution in [2.45, 2.75) is 32.2 Å². The maximum Gasteiger partial charge on any atom is 0.226 e. The fourth-order valence-electron chi connectivity index (χ4n) is 2.65. The van der Waals surface area contributed by atoms with Crippen LogP contribution < -0.4 is 5.32 Å². The van der Waals surface area contributed by atoms with Crippen molar-refractivity contribution in [1.82, 2.24) is 15.5 Å². The molecule has 0 aliphatic carbocycles. The van der Waals surface area contributed by atoms with Gasteiger partial charge in [0.1, 0.15) is 5.82 Å². The summed E-state index contributed by atoms with van der Waals surface area (Å²) in [6, 6.07) is 10.9. The summed E-state index contributed by atoms with van der Waals surface area (Å²) in [5.74, 6) is 0.419. The quantitative estimate of drug-likeness (QED) is 0.555. The van der Waals surface area contributed by atoms with E-state index < -0.39 is 0 Å². The number of nitrogens with one attached hydrogen (secondary N) is 1. The van der Waals surface area contributed by atoms with Crippen LogP contribution in [0.5, 0.6) is 0 Å². The average molecular weight is 422 g/mol. The Bertz CT molecular complexity index is 960. The van der Waals surface area contributed by atoms with Gasteiger partial charge in [0.25, 0.3) is 0 Å². The number of carbonyl (C=O) groups is 1. The molecule has 0 spiro atoms. The van der Waals surface area contributed by atoms with E-state index in [0.717, 1.165) is 5.56 Å². The molecule has 0 aliphatic heterocycles. The lowest BCUT2D eigenvalue weighted by molar-refractivity contribution is -0.121. The average Bonchev–Trinajstić information content (AvgIpc) is 3.13. The maximum atomic E-state index is 13.0. The number of halogens is 3. The van der Waals surface area contributed by atoms with Crippen LogP contribution in [0.15, 0.2) is 47.0 Å². The van der Waals surface area contributed by atoms with Gasteiger partial charge in [-0.1, -0.05) is 34.4 Å². The third kappa shape index (κ3) is 5.30. The second kappa shape index (κ2) is 9.17. The van der Waals surface area contributed by atoms with Gasteiger partial charge in [-0.3, -0.25) is 4.79 Å². The lowest BCUT2D eigenvalue weighted by Gasteiger charge is -2.14. The molecule has 0 aliphatic rings. The van der Waals surface area contributed by atoms with Gasteiger partial charge in [-0.05, 0) is 55.3 Å². The van der Waals surface area contributed by atoms with Gasteiger partial charge in [-0.15, -0.1) is 0 Å². The molecular weight excluding hydrogens is 404 g/mol. The van der Waals surface area contributed by atoms with E-state index in [4.69, 9.17) is 27.7 Å². The first kappa shape index (κ1) is 20.3. The van der Waals surface area contributed by atoms with E-state index in [1.165, 1.54) is 12.1 Å². The van der Waals surface area contributed by atoms with Gasteiger partial charge in [0.15, 0.2) is 0 Å². The minimum absolute atomic E-state index is 0.0863. The Morgan fingerprint density at radius 3 is 2.64 bits per heavy atom. The molecule has 3 rings (SSSR count). The van der Waals surface area contributed by atoms with E-state index in [0.29, 0.717) is 46.6 Å². The maximum absolute atomic E-state index is 13.0. The SMILES string of the molecule is CC(NC(=O)CCCc1nc(-c2ccc(F)cc2)no1)c1ccc(Cl)c(Cl)c1. The van der Waals surface area contributed by atoms with Crippen molar-refractivity contribution < 1.29 is 13.7 Å². The fourth-order valence-corrected chi connectivity index (χ4v) is 2.96. The van der Waals surface area contributed by atoms with Crippen molar-refractivity contribution in [3.63, 3.8) is 0 Å². The monoisotopic (exact) mass is 421 g/mol. The van der Waals surface area contributed by atoms with Crippen molar-refractivity contribution in [2.24, 2.45) is 0 Å². The van der Waals surface area contributed by atoms with Crippen molar-refractivity contribution in [3.8, 4) is 11.4 Å². The first-order valence-electron chi connectivity index (χ1n) is 8.75. The molecule has 1 unspecified atom stereocenters. The van der Waals surface area contributed by atoms with Crippen LogP contribution in [0, 0.1) is 5.82 Å². The zero-order valence-corrected chi connectivity index (χ0v) is 16.6. The lowest BCUT2D eigenvalue weighted by Crippen LogP contribution is -2.26.